The number of ether oxygens (including phenoxy) is 1. The molecule has 212 valence electrons. The Bertz CT molecular complexity index is 1470. The van der Waals surface area contributed by atoms with Crippen molar-refractivity contribution in [2.45, 2.75) is 97.6 Å². The largest absolute Gasteiger partial charge is 0.512 e. The van der Waals surface area contributed by atoms with Gasteiger partial charge in [-0.05, 0) is 74.6 Å². The van der Waals surface area contributed by atoms with E-state index >= 15 is 0 Å². The number of aryl methyl sites for hydroxylation is 4. The van der Waals surface area contributed by atoms with Gasteiger partial charge in [-0.3, -0.25) is 4.79 Å². The lowest BCUT2D eigenvalue weighted by atomic mass is 9.76. The van der Waals surface area contributed by atoms with E-state index in [1.807, 2.05) is 19.9 Å². The number of benzene rings is 1. The van der Waals surface area contributed by atoms with Crippen molar-refractivity contribution in [1.82, 2.24) is 24.9 Å². The fourth-order valence-corrected chi connectivity index (χ4v) is 6.34. The maximum Gasteiger partial charge on any atom is 0.338 e. The Kier molecular flexibility index (Phi) is 7.92. The van der Waals surface area contributed by atoms with Crippen molar-refractivity contribution in [1.29, 1.82) is 0 Å². The molecule has 1 aromatic carbocycles. The number of hydrogen-bond acceptors (Lipinski definition) is 7. The number of aliphatic hydroxyl groups excluding tert-OH is 1. The lowest BCUT2D eigenvalue weighted by Crippen LogP contribution is -2.46. The summed E-state index contributed by atoms with van der Waals surface area (Å²) in [6.45, 7) is 7.98. The minimum Gasteiger partial charge on any atom is -0.512 e. The molecule has 1 atom stereocenters. The molecule has 1 aliphatic heterocycles. The van der Waals surface area contributed by atoms with Crippen LogP contribution in [0.25, 0.3) is 5.78 Å². The Balaban J connectivity index is 1.37. The zero-order chi connectivity index (χ0) is 28.4. The Morgan fingerprint density at radius 1 is 1.18 bits per heavy atom. The van der Waals surface area contributed by atoms with Crippen molar-refractivity contribution < 1.29 is 19.4 Å². The molecular formula is C31H39N5O4. The molecule has 1 aliphatic carbocycles. The number of fused-ring (bicyclic) bond motifs is 1. The molecule has 2 aromatic heterocycles. The van der Waals surface area contributed by atoms with Crippen molar-refractivity contribution in [2.75, 3.05) is 0 Å². The zero-order valence-electron chi connectivity index (χ0n) is 23.9. The van der Waals surface area contributed by atoms with E-state index in [1.54, 1.807) is 4.52 Å². The van der Waals surface area contributed by atoms with E-state index in [9.17, 15) is 14.7 Å². The third-order valence-corrected chi connectivity index (χ3v) is 8.47. The number of hydrogen-bond donors (Lipinski definition) is 2. The second-order valence-corrected chi connectivity index (χ2v) is 11.4. The number of cyclic esters (lactones) is 1. The number of rotatable bonds is 9. The molecule has 9 nitrogen and oxygen atoms in total. The molecule has 1 fully saturated rings. The van der Waals surface area contributed by atoms with Crippen LogP contribution >= 0.6 is 0 Å². The van der Waals surface area contributed by atoms with Crippen LogP contribution in [-0.2, 0) is 40.1 Å². The Morgan fingerprint density at radius 2 is 1.95 bits per heavy atom. The summed E-state index contributed by atoms with van der Waals surface area (Å²) in [4.78, 5) is 33.8. The van der Waals surface area contributed by atoms with Crippen LogP contribution in [0.5, 0.6) is 0 Å². The summed E-state index contributed by atoms with van der Waals surface area (Å²) in [5.74, 6) is 0.687. The van der Waals surface area contributed by atoms with Crippen LogP contribution in [0.4, 0.5) is 0 Å². The average molecular weight is 546 g/mol. The number of carbonyl (C=O) groups is 2. The van der Waals surface area contributed by atoms with Gasteiger partial charge in [0.2, 0.25) is 5.91 Å². The number of nitrogens with zero attached hydrogens (tertiary/aromatic N) is 4. The standard InChI is InChI=1S/C31H39N5O4/c1-5-23-15-22(10-11-24(23)18-32-21(4)37)12-13-31(25-8-6-7-9-25)17-27(38)26(29(39)40-31)16-28-34-30-33-19(2)14-20(3)36(30)35-28/h10-11,14-15,25,38H,5-9,12-13,16-18H2,1-4H3,(H,32,37). The summed E-state index contributed by atoms with van der Waals surface area (Å²) in [5, 5.41) is 18.7. The SMILES string of the molecule is CCc1cc(CCC2(C3CCCC3)CC(O)=C(Cc3nc4nc(C)cc(C)n4n3)C(=O)O2)ccc1CNC(C)=O. The lowest BCUT2D eigenvalue weighted by Gasteiger charge is -2.41. The number of carbonyl (C=O) groups excluding carboxylic acids is 2. The van der Waals surface area contributed by atoms with Gasteiger partial charge in [-0.25, -0.2) is 14.3 Å². The minimum absolute atomic E-state index is 0.0465. The summed E-state index contributed by atoms with van der Waals surface area (Å²) < 4.78 is 7.97. The third kappa shape index (κ3) is 5.74. The number of nitrogens with one attached hydrogen (secondary N) is 1. The number of aromatic nitrogens is 4. The van der Waals surface area contributed by atoms with E-state index in [2.05, 4.69) is 45.5 Å². The highest BCUT2D eigenvalue weighted by molar-refractivity contribution is 5.90. The smallest absolute Gasteiger partial charge is 0.338 e. The van der Waals surface area contributed by atoms with Crippen LogP contribution in [0.15, 0.2) is 35.6 Å². The topological polar surface area (TPSA) is 119 Å². The number of esters is 1. The minimum atomic E-state index is -0.732. The van der Waals surface area contributed by atoms with Crippen LogP contribution in [0.1, 0.15) is 86.3 Å². The van der Waals surface area contributed by atoms with Gasteiger partial charge in [0.05, 0.1) is 5.57 Å². The van der Waals surface area contributed by atoms with E-state index in [1.165, 1.54) is 12.5 Å². The predicted molar refractivity (Wildman–Crippen MR) is 151 cm³/mol. The van der Waals surface area contributed by atoms with Gasteiger partial charge in [0.1, 0.15) is 11.4 Å². The predicted octanol–water partition coefficient (Wildman–Crippen LogP) is 4.80. The van der Waals surface area contributed by atoms with Crippen molar-refractivity contribution >= 4 is 17.7 Å². The van der Waals surface area contributed by atoms with Crippen LogP contribution in [-0.4, -0.2) is 42.2 Å². The molecule has 0 saturated heterocycles. The van der Waals surface area contributed by atoms with Gasteiger partial charge >= 0.3 is 5.97 Å². The second-order valence-electron chi connectivity index (χ2n) is 11.4. The molecule has 3 heterocycles. The van der Waals surface area contributed by atoms with Gasteiger partial charge in [0, 0.05) is 37.7 Å². The average Bonchev–Trinajstić information content (AvgIpc) is 3.59. The first kappa shape index (κ1) is 27.8. The molecule has 1 unspecified atom stereocenters. The van der Waals surface area contributed by atoms with E-state index in [0.717, 1.165) is 61.0 Å². The van der Waals surface area contributed by atoms with Crippen molar-refractivity contribution in [3.05, 3.63) is 69.5 Å². The Labute approximate surface area is 235 Å². The first-order valence-corrected chi connectivity index (χ1v) is 14.4. The van der Waals surface area contributed by atoms with Gasteiger partial charge in [0.25, 0.3) is 5.78 Å². The summed E-state index contributed by atoms with van der Waals surface area (Å²) in [6.07, 6.45) is 6.85. The number of aliphatic hydroxyl groups is 1. The molecule has 0 bridgehead atoms. The molecule has 1 saturated carbocycles. The van der Waals surface area contributed by atoms with Gasteiger partial charge < -0.3 is 15.2 Å². The molecular weight excluding hydrogens is 506 g/mol. The van der Waals surface area contributed by atoms with E-state index in [4.69, 9.17) is 4.74 Å². The Morgan fingerprint density at radius 3 is 2.65 bits per heavy atom. The second kappa shape index (κ2) is 11.4. The van der Waals surface area contributed by atoms with Crippen molar-refractivity contribution in [3.63, 3.8) is 0 Å². The van der Waals surface area contributed by atoms with E-state index < -0.39 is 11.6 Å². The molecule has 0 radical (unpaired) electrons. The van der Waals surface area contributed by atoms with Gasteiger partial charge in [-0.1, -0.05) is 38.0 Å². The van der Waals surface area contributed by atoms with Crippen LogP contribution in [0.2, 0.25) is 0 Å². The maximum absolute atomic E-state index is 13.4. The lowest BCUT2D eigenvalue weighted by molar-refractivity contribution is -0.167. The maximum atomic E-state index is 13.4. The quantitative estimate of drug-likeness (QED) is 0.371. The summed E-state index contributed by atoms with van der Waals surface area (Å²) >= 11 is 0. The first-order valence-electron chi connectivity index (χ1n) is 14.4. The van der Waals surface area contributed by atoms with Crippen molar-refractivity contribution in [2.24, 2.45) is 5.92 Å². The van der Waals surface area contributed by atoms with E-state index in [-0.39, 0.29) is 29.6 Å². The molecule has 5 rings (SSSR count). The molecule has 40 heavy (non-hydrogen) atoms. The Hall–Kier alpha value is -3.75. The third-order valence-electron chi connectivity index (χ3n) is 8.47. The molecule has 0 spiro atoms. The van der Waals surface area contributed by atoms with E-state index in [0.29, 0.717) is 31.0 Å². The molecule has 2 N–H and O–H groups in total. The summed E-state index contributed by atoms with van der Waals surface area (Å²) in [6, 6.07) is 8.29. The highest BCUT2D eigenvalue weighted by atomic mass is 16.6. The molecule has 3 aromatic rings. The first-order chi connectivity index (χ1) is 19.2. The summed E-state index contributed by atoms with van der Waals surface area (Å²) in [5.41, 5.74) is 4.73. The van der Waals surface area contributed by atoms with Gasteiger partial charge in [-0.15, -0.1) is 5.10 Å². The molecule has 1 amide bonds. The zero-order valence-corrected chi connectivity index (χ0v) is 23.9. The van der Waals surface area contributed by atoms with Crippen molar-refractivity contribution in [3.8, 4) is 0 Å². The fourth-order valence-electron chi connectivity index (χ4n) is 6.34. The summed E-state index contributed by atoms with van der Waals surface area (Å²) in [7, 11) is 0. The highest BCUT2D eigenvalue weighted by Crippen LogP contribution is 2.46. The van der Waals surface area contributed by atoms with Crippen LogP contribution in [0.3, 0.4) is 0 Å². The molecule has 9 heteroatoms. The highest BCUT2D eigenvalue weighted by Gasteiger charge is 2.48. The van der Waals surface area contributed by atoms with Gasteiger partial charge in [-0.2, -0.15) is 4.98 Å². The number of amides is 1. The van der Waals surface area contributed by atoms with Gasteiger partial charge in [0.15, 0.2) is 5.82 Å². The molecule has 2 aliphatic rings. The van der Waals surface area contributed by atoms with Crippen LogP contribution < -0.4 is 5.32 Å². The van der Waals surface area contributed by atoms with Crippen LogP contribution in [0, 0.1) is 19.8 Å². The monoisotopic (exact) mass is 545 g/mol. The normalized spacial score (nSPS) is 19.9. The fraction of sp³-hybridized carbons (Fsp3) is 0.516.